The Morgan fingerprint density at radius 3 is 2.45 bits per heavy atom. The standard InChI is InChI=1S/C17H20O3/c1-3-16(18)17(4-2)20-13-9-8-12-19-14-15-10-6-5-7-11-15/h3-7,10-11,16-18H,1-2,12-14H2/t16-,17-/m1/s1. The van der Waals surface area contributed by atoms with E-state index in [0.29, 0.717) is 13.2 Å². The summed E-state index contributed by atoms with van der Waals surface area (Å²) in [5, 5.41) is 9.50. The maximum Gasteiger partial charge on any atom is 0.108 e. The summed E-state index contributed by atoms with van der Waals surface area (Å²) in [7, 11) is 0. The number of benzene rings is 1. The van der Waals surface area contributed by atoms with Crippen molar-refractivity contribution in [2.45, 2.75) is 18.8 Å². The van der Waals surface area contributed by atoms with Crippen molar-refractivity contribution >= 4 is 0 Å². The van der Waals surface area contributed by atoms with Gasteiger partial charge in [-0.15, -0.1) is 13.2 Å². The Kier molecular flexibility index (Phi) is 8.09. The van der Waals surface area contributed by atoms with Crippen LogP contribution < -0.4 is 0 Å². The lowest BCUT2D eigenvalue weighted by atomic mass is 10.2. The molecular weight excluding hydrogens is 252 g/mol. The summed E-state index contributed by atoms with van der Waals surface area (Å²) in [6.45, 7) is 8.19. The largest absolute Gasteiger partial charge is 0.386 e. The van der Waals surface area contributed by atoms with Crippen LogP contribution in [0.15, 0.2) is 55.6 Å². The predicted molar refractivity (Wildman–Crippen MR) is 80.0 cm³/mol. The number of ether oxygens (including phenoxy) is 2. The Morgan fingerprint density at radius 2 is 1.80 bits per heavy atom. The molecule has 1 rings (SSSR count). The molecule has 0 heterocycles. The zero-order valence-electron chi connectivity index (χ0n) is 11.5. The number of hydrogen-bond acceptors (Lipinski definition) is 3. The van der Waals surface area contributed by atoms with Crippen LogP contribution in [0.25, 0.3) is 0 Å². The van der Waals surface area contributed by atoms with Crippen molar-refractivity contribution in [2.75, 3.05) is 13.2 Å². The molecule has 1 aromatic carbocycles. The number of aliphatic hydroxyl groups is 1. The van der Waals surface area contributed by atoms with E-state index < -0.39 is 12.2 Å². The van der Waals surface area contributed by atoms with E-state index in [0.717, 1.165) is 5.56 Å². The second-order valence-corrected chi connectivity index (χ2v) is 4.07. The van der Waals surface area contributed by atoms with E-state index >= 15 is 0 Å². The van der Waals surface area contributed by atoms with Gasteiger partial charge >= 0.3 is 0 Å². The third kappa shape index (κ3) is 6.35. The minimum atomic E-state index is -0.761. The molecule has 0 spiro atoms. The van der Waals surface area contributed by atoms with Gasteiger partial charge in [0.05, 0.1) is 6.61 Å². The number of aliphatic hydroxyl groups excluding tert-OH is 1. The van der Waals surface area contributed by atoms with Crippen LogP contribution >= 0.6 is 0 Å². The van der Waals surface area contributed by atoms with Gasteiger partial charge in [0, 0.05) is 0 Å². The average molecular weight is 272 g/mol. The Labute approximate surface area is 120 Å². The SMILES string of the molecule is C=C[C@@H](O)[C@@H](C=C)OCC#CCOCc1ccccc1. The summed E-state index contributed by atoms with van der Waals surface area (Å²) in [6.07, 6.45) is 1.69. The fraction of sp³-hybridized carbons (Fsp3) is 0.294. The smallest absolute Gasteiger partial charge is 0.108 e. The molecule has 0 fully saturated rings. The Balaban J connectivity index is 2.17. The Morgan fingerprint density at radius 1 is 1.10 bits per heavy atom. The Hall–Kier alpha value is -1.86. The van der Waals surface area contributed by atoms with Crippen LogP contribution in [-0.4, -0.2) is 30.5 Å². The summed E-state index contributed by atoms with van der Waals surface area (Å²) in [4.78, 5) is 0. The molecule has 0 aromatic heterocycles. The normalized spacial score (nSPS) is 12.8. The third-order valence-corrected chi connectivity index (χ3v) is 2.57. The minimum absolute atomic E-state index is 0.219. The van der Waals surface area contributed by atoms with E-state index in [-0.39, 0.29) is 6.61 Å². The van der Waals surface area contributed by atoms with Gasteiger partial charge in [0.1, 0.15) is 25.4 Å². The molecule has 1 aromatic rings. The molecule has 0 radical (unpaired) electrons. The van der Waals surface area contributed by atoms with Crippen molar-refractivity contribution in [1.29, 1.82) is 0 Å². The summed E-state index contributed by atoms with van der Waals surface area (Å²) in [6, 6.07) is 9.91. The van der Waals surface area contributed by atoms with Gasteiger partial charge in [-0.1, -0.05) is 54.3 Å². The summed E-state index contributed by atoms with van der Waals surface area (Å²) in [5.41, 5.74) is 1.12. The predicted octanol–water partition coefficient (Wildman–Crippen LogP) is 2.32. The van der Waals surface area contributed by atoms with E-state index in [2.05, 4.69) is 25.0 Å². The maximum absolute atomic E-state index is 9.50. The maximum atomic E-state index is 9.50. The van der Waals surface area contributed by atoms with Crippen LogP contribution in [0.2, 0.25) is 0 Å². The van der Waals surface area contributed by atoms with Crippen LogP contribution in [0.5, 0.6) is 0 Å². The van der Waals surface area contributed by atoms with E-state index in [4.69, 9.17) is 9.47 Å². The average Bonchev–Trinajstić information content (AvgIpc) is 2.50. The van der Waals surface area contributed by atoms with Gasteiger partial charge in [-0.25, -0.2) is 0 Å². The minimum Gasteiger partial charge on any atom is -0.386 e. The van der Waals surface area contributed by atoms with E-state index in [1.807, 2.05) is 30.3 Å². The van der Waals surface area contributed by atoms with Crippen LogP contribution in [0.4, 0.5) is 0 Å². The van der Waals surface area contributed by atoms with Crippen molar-refractivity contribution in [3.8, 4) is 11.8 Å². The topological polar surface area (TPSA) is 38.7 Å². The zero-order valence-corrected chi connectivity index (χ0v) is 11.5. The van der Waals surface area contributed by atoms with E-state index in [1.54, 1.807) is 0 Å². The van der Waals surface area contributed by atoms with Crippen LogP contribution in [0, 0.1) is 11.8 Å². The molecule has 20 heavy (non-hydrogen) atoms. The van der Waals surface area contributed by atoms with Crippen LogP contribution in [0.3, 0.4) is 0 Å². The molecule has 3 nitrogen and oxygen atoms in total. The monoisotopic (exact) mass is 272 g/mol. The van der Waals surface area contributed by atoms with Crippen molar-refractivity contribution in [2.24, 2.45) is 0 Å². The fourth-order valence-corrected chi connectivity index (χ4v) is 1.47. The zero-order chi connectivity index (χ0) is 14.6. The lowest BCUT2D eigenvalue weighted by Gasteiger charge is -2.15. The lowest BCUT2D eigenvalue weighted by Crippen LogP contribution is -2.24. The highest BCUT2D eigenvalue weighted by Gasteiger charge is 2.11. The Bertz CT molecular complexity index is 456. The van der Waals surface area contributed by atoms with Crippen molar-refractivity contribution in [3.63, 3.8) is 0 Å². The summed E-state index contributed by atoms with van der Waals surface area (Å²) in [5.74, 6) is 5.68. The fourth-order valence-electron chi connectivity index (χ4n) is 1.47. The summed E-state index contributed by atoms with van der Waals surface area (Å²) >= 11 is 0. The first-order valence-corrected chi connectivity index (χ1v) is 6.40. The molecular formula is C17H20O3. The van der Waals surface area contributed by atoms with Crippen molar-refractivity contribution < 1.29 is 14.6 Å². The first kappa shape index (κ1) is 16.2. The number of rotatable bonds is 8. The molecule has 0 saturated carbocycles. The highest BCUT2D eigenvalue weighted by molar-refractivity contribution is 5.13. The number of hydrogen-bond donors (Lipinski definition) is 1. The molecule has 1 N–H and O–H groups in total. The van der Waals surface area contributed by atoms with Gasteiger partial charge in [-0.2, -0.15) is 0 Å². The van der Waals surface area contributed by atoms with Gasteiger partial charge < -0.3 is 14.6 Å². The quantitative estimate of drug-likeness (QED) is 0.448. The van der Waals surface area contributed by atoms with Gasteiger partial charge in [-0.05, 0) is 5.56 Å². The first-order valence-electron chi connectivity index (χ1n) is 6.40. The van der Waals surface area contributed by atoms with Gasteiger partial charge in [0.15, 0.2) is 0 Å². The molecule has 3 heteroatoms. The first-order chi connectivity index (χ1) is 9.77. The molecule has 0 aliphatic heterocycles. The van der Waals surface area contributed by atoms with E-state index in [1.165, 1.54) is 12.2 Å². The van der Waals surface area contributed by atoms with Crippen molar-refractivity contribution in [1.82, 2.24) is 0 Å². The molecule has 0 aliphatic carbocycles. The second-order valence-electron chi connectivity index (χ2n) is 4.07. The molecule has 0 saturated heterocycles. The van der Waals surface area contributed by atoms with Gasteiger partial charge in [-0.3, -0.25) is 0 Å². The van der Waals surface area contributed by atoms with E-state index in [9.17, 15) is 5.11 Å². The van der Waals surface area contributed by atoms with Crippen molar-refractivity contribution in [3.05, 3.63) is 61.2 Å². The third-order valence-electron chi connectivity index (χ3n) is 2.57. The molecule has 0 amide bonds. The van der Waals surface area contributed by atoms with Gasteiger partial charge in [0.25, 0.3) is 0 Å². The molecule has 0 unspecified atom stereocenters. The lowest BCUT2D eigenvalue weighted by molar-refractivity contribution is 0.0277. The highest BCUT2D eigenvalue weighted by Crippen LogP contribution is 2.01. The summed E-state index contributed by atoms with van der Waals surface area (Å²) < 4.78 is 10.7. The van der Waals surface area contributed by atoms with Gasteiger partial charge in [0.2, 0.25) is 0 Å². The molecule has 106 valence electrons. The van der Waals surface area contributed by atoms with Crippen LogP contribution in [-0.2, 0) is 16.1 Å². The second kappa shape index (κ2) is 9.99. The highest BCUT2D eigenvalue weighted by atomic mass is 16.5. The molecule has 0 aliphatic rings. The molecule has 0 bridgehead atoms. The molecule has 2 atom stereocenters. The van der Waals surface area contributed by atoms with Crippen LogP contribution in [0.1, 0.15) is 5.56 Å².